The van der Waals surface area contributed by atoms with Crippen molar-refractivity contribution in [1.29, 1.82) is 0 Å². The van der Waals surface area contributed by atoms with E-state index in [0.717, 1.165) is 38.9 Å². The van der Waals surface area contributed by atoms with Gasteiger partial charge in [-0.25, -0.2) is 9.97 Å². The molecule has 0 radical (unpaired) electrons. The van der Waals surface area contributed by atoms with Gasteiger partial charge in [0.2, 0.25) is 0 Å². The predicted molar refractivity (Wildman–Crippen MR) is 138 cm³/mol. The van der Waals surface area contributed by atoms with Gasteiger partial charge in [-0.1, -0.05) is 115 Å². The van der Waals surface area contributed by atoms with Crippen LogP contribution in [-0.2, 0) is 0 Å². The molecular weight excluding hydrogens is 400 g/mol. The Kier molecular flexibility index (Phi) is 4.70. The third-order valence-electron chi connectivity index (χ3n) is 6.15. The number of nitrogens with zero attached hydrogens (tertiary/aromatic N) is 2. The summed E-state index contributed by atoms with van der Waals surface area (Å²) in [5.74, 6) is 0. The van der Waals surface area contributed by atoms with Crippen LogP contribution in [0.4, 0.5) is 0 Å². The van der Waals surface area contributed by atoms with Crippen LogP contribution in [0.2, 0.25) is 0 Å². The maximum atomic E-state index is 5.18. The lowest BCUT2D eigenvalue weighted by atomic mass is 9.99. The Labute approximate surface area is 193 Å². The Balaban J connectivity index is 1.55. The molecule has 5 aromatic carbocycles. The summed E-state index contributed by atoms with van der Waals surface area (Å²) in [4.78, 5) is 10.3. The fraction of sp³-hybridized carbons (Fsp3) is 0.0323. The number of fused-ring (bicyclic) bond motifs is 3. The fourth-order valence-electron chi connectivity index (χ4n) is 4.35. The van der Waals surface area contributed by atoms with Gasteiger partial charge in [-0.3, -0.25) is 0 Å². The van der Waals surface area contributed by atoms with Crippen LogP contribution in [0.1, 0.15) is 5.56 Å². The third kappa shape index (κ3) is 3.56. The smallest absolute Gasteiger partial charge is 0.0973 e. The molecule has 2 heteroatoms. The van der Waals surface area contributed by atoms with E-state index in [9.17, 15) is 0 Å². The van der Waals surface area contributed by atoms with Crippen molar-refractivity contribution in [3.8, 4) is 33.6 Å². The molecule has 0 N–H and O–H groups in total. The fourth-order valence-corrected chi connectivity index (χ4v) is 4.35. The largest absolute Gasteiger partial charge is 0.244 e. The van der Waals surface area contributed by atoms with Crippen molar-refractivity contribution in [2.75, 3.05) is 0 Å². The standard InChI is InChI=1S/C31H22N2/c1-21-11-13-22(14-12-21)23-15-17-26(18-16-23)29-30(25-8-3-2-4-9-25)33-31-27-10-6-5-7-24(27)19-20-28(31)32-29/h2-20H,1H3. The van der Waals surface area contributed by atoms with E-state index >= 15 is 0 Å². The average Bonchev–Trinajstić information content (AvgIpc) is 2.89. The van der Waals surface area contributed by atoms with Crippen LogP contribution in [-0.4, -0.2) is 9.97 Å². The second-order valence-electron chi connectivity index (χ2n) is 8.38. The molecule has 0 atom stereocenters. The lowest BCUT2D eigenvalue weighted by Gasteiger charge is -2.12. The molecule has 0 amide bonds. The van der Waals surface area contributed by atoms with Crippen molar-refractivity contribution in [3.63, 3.8) is 0 Å². The highest BCUT2D eigenvalue weighted by atomic mass is 14.8. The number of aryl methyl sites for hydroxylation is 1. The zero-order valence-corrected chi connectivity index (χ0v) is 18.4. The predicted octanol–water partition coefficient (Wildman–Crippen LogP) is 8.09. The molecule has 6 aromatic rings. The molecule has 33 heavy (non-hydrogen) atoms. The summed E-state index contributed by atoms with van der Waals surface area (Å²) in [6.07, 6.45) is 0. The Morgan fingerprint density at radius 2 is 1.03 bits per heavy atom. The molecule has 1 aromatic heterocycles. The molecule has 0 fully saturated rings. The summed E-state index contributed by atoms with van der Waals surface area (Å²) in [6, 6.07) is 40.2. The van der Waals surface area contributed by atoms with Crippen LogP contribution >= 0.6 is 0 Å². The summed E-state index contributed by atoms with van der Waals surface area (Å²) >= 11 is 0. The zero-order valence-electron chi connectivity index (χ0n) is 18.4. The van der Waals surface area contributed by atoms with Gasteiger partial charge in [-0.2, -0.15) is 0 Å². The van der Waals surface area contributed by atoms with Crippen molar-refractivity contribution < 1.29 is 0 Å². The Bertz CT molecular complexity index is 1580. The molecule has 0 saturated heterocycles. The molecule has 0 bridgehead atoms. The van der Waals surface area contributed by atoms with Gasteiger partial charge in [0.25, 0.3) is 0 Å². The average molecular weight is 423 g/mol. The molecule has 0 spiro atoms. The van der Waals surface area contributed by atoms with Gasteiger partial charge < -0.3 is 0 Å². The minimum atomic E-state index is 0.902. The first-order valence-electron chi connectivity index (χ1n) is 11.2. The molecule has 0 aliphatic carbocycles. The Morgan fingerprint density at radius 3 is 1.79 bits per heavy atom. The van der Waals surface area contributed by atoms with Crippen LogP contribution in [0.5, 0.6) is 0 Å². The lowest BCUT2D eigenvalue weighted by Crippen LogP contribution is -1.96. The lowest BCUT2D eigenvalue weighted by molar-refractivity contribution is 1.30. The maximum absolute atomic E-state index is 5.18. The van der Waals surface area contributed by atoms with Crippen molar-refractivity contribution in [1.82, 2.24) is 9.97 Å². The van der Waals surface area contributed by atoms with E-state index in [1.165, 1.54) is 22.1 Å². The van der Waals surface area contributed by atoms with Crippen molar-refractivity contribution in [3.05, 3.63) is 121 Å². The van der Waals surface area contributed by atoms with Crippen LogP contribution in [0.3, 0.4) is 0 Å². The molecule has 0 unspecified atom stereocenters. The summed E-state index contributed by atoms with van der Waals surface area (Å²) < 4.78 is 0. The van der Waals surface area contributed by atoms with Gasteiger partial charge in [-0.15, -0.1) is 0 Å². The van der Waals surface area contributed by atoms with Crippen LogP contribution in [0, 0.1) is 6.92 Å². The first kappa shape index (κ1) is 19.4. The van der Waals surface area contributed by atoms with Gasteiger partial charge in [0, 0.05) is 16.5 Å². The van der Waals surface area contributed by atoms with Crippen molar-refractivity contribution >= 4 is 21.8 Å². The van der Waals surface area contributed by atoms with Crippen LogP contribution < -0.4 is 0 Å². The van der Waals surface area contributed by atoms with Gasteiger partial charge in [0.1, 0.15) is 0 Å². The second-order valence-corrected chi connectivity index (χ2v) is 8.38. The number of rotatable bonds is 3. The Morgan fingerprint density at radius 1 is 0.455 bits per heavy atom. The van der Waals surface area contributed by atoms with Gasteiger partial charge in [0.05, 0.1) is 22.4 Å². The van der Waals surface area contributed by atoms with E-state index < -0.39 is 0 Å². The normalized spacial score (nSPS) is 11.2. The van der Waals surface area contributed by atoms with E-state index in [0.29, 0.717) is 0 Å². The number of hydrogen-bond acceptors (Lipinski definition) is 2. The molecule has 156 valence electrons. The van der Waals surface area contributed by atoms with E-state index in [1.807, 2.05) is 6.07 Å². The summed E-state index contributed by atoms with van der Waals surface area (Å²) in [5, 5.41) is 2.30. The SMILES string of the molecule is Cc1ccc(-c2ccc(-c3nc4ccc5ccccc5c4nc3-c3ccccc3)cc2)cc1. The minimum Gasteiger partial charge on any atom is -0.244 e. The third-order valence-corrected chi connectivity index (χ3v) is 6.15. The second kappa shape index (κ2) is 7.99. The van der Waals surface area contributed by atoms with Gasteiger partial charge in [-0.05, 0) is 29.5 Å². The Hall–Kier alpha value is -4.30. The molecule has 6 rings (SSSR count). The summed E-state index contributed by atoms with van der Waals surface area (Å²) in [5.41, 5.74) is 9.46. The molecule has 0 saturated carbocycles. The number of hydrogen-bond donors (Lipinski definition) is 0. The summed E-state index contributed by atoms with van der Waals surface area (Å²) in [6.45, 7) is 2.11. The van der Waals surface area contributed by atoms with Crippen molar-refractivity contribution in [2.45, 2.75) is 6.92 Å². The number of benzene rings is 5. The highest BCUT2D eigenvalue weighted by Crippen LogP contribution is 2.34. The van der Waals surface area contributed by atoms with Crippen LogP contribution in [0.15, 0.2) is 115 Å². The van der Waals surface area contributed by atoms with Crippen LogP contribution in [0.25, 0.3) is 55.4 Å². The summed E-state index contributed by atoms with van der Waals surface area (Å²) in [7, 11) is 0. The topological polar surface area (TPSA) is 25.8 Å². The first-order chi connectivity index (χ1) is 16.3. The molecule has 1 heterocycles. The van der Waals surface area contributed by atoms with Gasteiger partial charge >= 0.3 is 0 Å². The van der Waals surface area contributed by atoms with Crippen molar-refractivity contribution in [2.24, 2.45) is 0 Å². The van der Waals surface area contributed by atoms with E-state index in [2.05, 4.69) is 116 Å². The molecular formula is C31H22N2. The highest BCUT2D eigenvalue weighted by molar-refractivity contribution is 6.05. The molecule has 0 aliphatic rings. The maximum Gasteiger partial charge on any atom is 0.0973 e. The molecule has 2 nitrogen and oxygen atoms in total. The zero-order chi connectivity index (χ0) is 22.2. The van der Waals surface area contributed by atoms with E-state index in [-0.39, 0.29) is 0 Å². The quantitative estimate of drug-likeness (QED) is 0.269. The monoisotopic (exact) mass is 422 g/mol. The van der Waals surface area contributed by atoms with Gasteiger partial charge in [0.15, 0.2) is 0 Å². The molecule has 0 aliphatic heterocycles. The highest BCUT2D eigenvalue weighted by Gasteiger charge is 2.15. The minimum absolute atomic E-state index is 0.902. The van der Waals surface area contributed by atoms with E-state index in [4.69, 9.17) is 9.97 Å². The first-order valence-corrected chi connectivity index (χ1v) is 11.2. The van der Waals surface area contributed by atoms with E-state index in [1.54, 1.807) is 0 Å². The number of aromatic nitrogens is 2.